The van der Waals surface area contributed by atoms with Gasteiger partial charge in [0.05, 0.1) is 11.1 Å². The summed E-state index contributed by atoms with van der Waals surface area (Å²) in [4.78, 5) is 69.8. The fraction of sp³-hybridized carbons (Fsp3) is 0.404. The second kappa shape index (κ2) is 17.6. The lowest BCUT2D eigenvalue weighted by Gasteiger charge is -2.42. The van der Waals surface area contributed by atoms with Crippen LogP contribution in [0.2, 0.25) is 0 Å². The van der Waals surface area contributed by atoms with E-state index in [-0.39, 0.29) is 47.9 Å². The van der Waals surface area contributed by atoms with Crippen molar-refractivity contribution in [2.75, 3.05) is 30.4 Å². The zero-order valence-corrected chi connectivity index (χ0v) is 38.4. The summed E-state index contributed by atoms with van der Waals surface area (Å²) < 4.78 is 11.1. The van der Waals surface area contributed by atoms with Crippen LogP contribution in [-0.2, 0) is 20.7 Å². The summed E-state index contributed by atoms with van der Waals surface area (Å²) in [6, 6.07) is 18.2. The predicted molar refractivity (Wildman–Crippen MR) is 243 cm³/mol. The van der Waals surface area contributed by atoms with E-state index >= 15 is 0 Å². The molecule has 20 nitrogen and oxygen atoms in total. The second-order valence-electron chi connectivity index (χ2n) is 18.3. The molecule has 8 heterocycles. The second-order valence-corrected chi connectivity index (χ2v) is 18.3. The molecule has 0 spiro atoms. The molecule has 4 aliphatic rings. The number of cyclic esters (lactones) is 2. The van der Waals surface area contributed by atoms with Crippen molar-refractivity contribution >= 4 is 35.4 Å². The van der Waals surface area contributed by atoms with E-state index in [4.69, 9.17) is 9.47 Å². The standard InChI is InChI=1S/C24H27N7O3.C23H25N7O3/c1-15-9-10-16(29(4)21-20-18(11-12-25-21)24(2,3)34-23(20)33)13-30(15)22(32)17-7-5-6-8-19(17)31-27-14-26-28-31;1-14-8-9-15(27-20-19-17(10-11-24-20)23(2,3)33-22(19)32)12-29(14)21(31)16-6-4-5-7-18(16)30-26-13-25-28-30/h5-8,11-12,14-16H,9-10,13H2,1-4H3;4-7,10-11,13-15H,8-9,12H2,1-3H3,(H,24,27)/t15-,16-;14-,15-/m11/s1. The molecule has 2 amide bonds. The molecule has 4 atom stereocenters. The Morgan fingerprint density at radius 1 is 0.672 bits per heavy atom. The third kappa shape index (κ3) is 8.42. The average molecular weight is 909 g/mol. The highest BCUT2D eigenvalue weighted by Gasteiger charge is 2.43. The van der Waals surface area contributed by atoms with E-state index in [0.717, 1.165) is 36.8 Å². The van der Waals surface area contributed by atoms with Gasteiger partial charge in [-0.1, -0.05) is 24.3 Å². The Hall–Kier alpha value is -7.64. The van der Waals surface area contributed by atoms with Gasteiger partial charge in [0.25, 0.3) is 11.8 Å². The highest BCUT2D eigenvalue weighted by atomic mass is 16.6. The number of likely N-dealkylation sites (tertiary alicyclic amines) is 2. The number of hydrogen-bond acceptors (Lipinski definition) is 16. The summed E-state index contributed by atoms with van der Waals surface area (Å²) in [6.07, 6.45) is 9.44. The van der Waals surface area contributed by atoms with E-state index in [9.17, 15) is 19.2 Å². The van der Waals surface area contributed by atoms with Crippen molar-refractivity contribution in [1.82, 2.24) is 60.2 Å². The first-order valence-corrected chi connectivity index (χ1v) is 22.3. The minimum absolute atomic E-state index is 0.00711. The Kier molecular flexibility index (Phi) is 11.7. The van der Waals surface area contributed by atoms with Crippen molar-refractivity contribution in [2.24, 2.45) is 0 Å². The Labute approximate surface area is 386 Å². The van der Waals surface area contributed by atoms with E-state index in [2.05, 4.69) is 53.0 Å². The number of hydrogen-bond donors (Lipinski definition) is 1. The number of carbonyl (C=O) groups excluding carboxylic acids is 4. The van der Waals surface area contributed by atoms with Crippen molar-refractivity contribution in [3.63, 3.8) is 0 Å². The Balaban J connectivity index is 0.000000168. The van der Waals surface area contributed by atoms with Crippen LogP contribution in [0.3, 0.4) is 0 Å². The van der Waals surface area contributed by atoms with Gasteiger partial charge in [0.1, 0.15) is 45.3 Å². The average Bonchev–Trinajstić information content (AvgIpc) is 4.15. The van der Waals surface area contributed by atoms with Gasteiger partial charge >= 0.3 is 11.9 Å². The van der Waals surface area contributed by atoms with Crippen LogP contribution in [0.1, 0.15) is 120 Å². The van der Waals surface area contributed by atoms with Gasteiger partial charge in [-0.3, -0.25) is 9.59 Å². The van der Waals surface area contributed by atoms with Crippen molar-refractivity contribution in [3.8, 4) is 11.4 Å². The first kappa shape index (κ1) is 44.6. The highest BCUT2D eigenvalue weighted by Crippen LogP contribution is 2.41. The van der Waals surface area contributed by atoms with Gasteiger partial charge in [-0.25, -0.2) is 19.6 Å². The third-order valence-electron chi connectivity index (χ3n) is 13.2. The number of pyridine rings is 2. The zero-order valence-electron chi connectivity index (χ0n) is 38.4. The quantitative estimate of drug-likeness (QED) is 0.195. The molecule has 0 aliphatic carbocycles. The van der Waals surface area contributed by atoms with Crippen LogP contribution in [0.15, 0.2) is 85.7 Å². The molecular weight excluding hydrogens is 857 g/mol. The number of rotatable bonds is 8. The maximum absolute atomic E-state index is 13.7. The summed E-state index contributed by atoms with van der Waals surface area (Å²) in [5.41, 5.74) is 3.44. The lowest BCUT2D eigenvalue weighted by molar-refractivity contribution is 0.00844. The number of carbonyl (C=O) groups is 4. The SMILES string of the molecule is C[C@@H]1CC[C@@H](N(C)c2nccc3c2C(=O)OC3(C)C)CN1C(=O)c1ccccc1-n1ncnn1.C[C@@H]1CC[C@@H](Nc2nccc3c2C(=O)OC3(C)C)CN1C(=O)c1ccccc1-n1ncnn1. The van der Waals surface area contributed by atoms with E-state index in [1.54, 1.807) is 36.7 Å². The Bertz CT molecular complexity index is 2830. The third-order valence-corrected chi connectivity index (χ3v) is 13.2. The number of likely N-dealkylation sites (N-methyl/N-ethyl adjacent to an activating group) is 1. The van der Waals surface area contributed by atoms with E-state index < -0.39 is 11.2 Å². The summed E-state index contributed by atoms with van der Waals surface area (Å²) in [7, 11) is 1.93. The molecule has 0 radical (unpaired) electrons. The molecule has 4 aliphatic heterocycles. The van der Waals surface area contributed by atoms with Crippen LogP contribution in [0, 0.1) is 0 Å². The first-order chi connectivity index (χ1) is 32.1. The maximum atomic E-state index is 13.7. The van der Waals surface area contributed by atoms with Crippen molar-refractivity contribution in [3.05, 3.63) is 119 Å². The molecule has 0 bridgehead atoms. The van der Waals surface area contributed by atoms with E-state index in [0.29, 0.717) is 58.4 Å². The molecule has 20 heteroatoms. The number of nitrogens with zero attached hydrogens (tertiary/aromatic N) is 13. The van der Waals surface area contributed by atoms with Crippen LogP contribution in [0.4, 0.5) is 11.6 Å². The fourth-order valence-electron chi connectivity index (χ4n) is 9.46. The molecule has 2 aromatic carbocycles. The van der Waals surface area contributed by atoms with E-state index in [1.165, 1.54) is 22.2 Å². The summed E-state index contributed by atoms with van der Waals surface area (Å²) >= 11 is 0. The smallest absolute Gasteiger partial charge is 0.343 e. The minimum atomic E-state index is -0.687. The molecule has 4 aromatic heterocycles. The number of anilines is 2. The van der Waals surface area contributed by atoms with E-state index in [1.807, 2.05) is 92.8 Å². The number of fused-ring (bicyclic) bond motifs is 2. The highest BCUT2D eigenvalue weighted by molar-refractivity contribution is 6.01. The van der Waals surface area contributed by atoms with Gasteiger partial charge in [-0.15, -0.1) is 30.0 Å². The normalized spacial score (nSPS) is 21.3. The molecule has 10 rings (SSSR count). The van der Waals surface area contributed by atoms with Crippen LogP contribution >= 0.6 is 0 Å². The molecule has 67 heavy (non-hydrogen) atoms. The Morgan fingerprint density at radius 2 is 1.18 bits per heavy atom. The number of piperidine rings is 2. The maximum Gasteiger partial charge on any atom is 0.343 e. The van der Waals surface area contributed by atoms with Crippen LogP contribution in [0.25, 0.3) is 11.4 Å². The van der Waals surface area contributed by atoms with Gasteiger partial charge < -0.3 is 29.5 Å². The topological polar surface area (TPSA) is 221 Å². The monoisotopic (exact) mass is 908 g/mol. The lowest BCUT2D eigenvalue weighted by Crippen LogP contribution is -2.53. The van der Waals surface area contributed by atoms with Gasteiger partial charge in [-0.05, 0) is 114 Å². The molecule has 6 aromatic rings. The number of esters is 2. The summed E-state index contributed by atoms with van der Waals surface area (Å²) in [6.45, 7) is 12.6. The molecule has 2 fully saturated rings. The zero-order chi connectivity index (χ0) is 47.2. The number of nitrogens with one attached hydrogen (secondary N) is 1. The van der Waals surface area contributed by atoms with Crippen molar-refractivity contribution in [2.45, 2.75) is 103 Å². The molecule has 1 N–H and O–H groups in total. The fourth-order valence-corrected chi connectivity index (χ4v) is 9.46. The number of para-hydroxylation sites is 2. The Morgan fingerprint density at radius 3 is 1.75 bits per heavy atom. The first-order valence-electron chi connectivity index (χ1n) is 22.3. The molecular formula is C47H52N14O6. The van der Waals surface area contributed by atoms with Crippen LogP contribution in [-0.4, -0.2) is 128 Å². The van der Waals surface area contributed by atoms with Crippen molar-refractivity contribution in [1.29, 1.82) is 0 Å². The minimum Gasteiger partial charge on any atom is -0.451 e. The number of tetrazole rings is 2. The number of amides is 2. The van der Waals surface area contributed by atoms with Crippen molar-refractivity contribution < 1.29 is 28.7 Å². The van der Waals surface area contributed by atoms with Crippen LogP contribution in [0.5, 0.6) is 0 Å². The largest absolute Gasteiger partial charge is 0.451 e. The van der Waals surface area contributed by atoms with Gasteiger partial charge in [0.15, 0.2) is 12.7 Å². The van der Waals surface area contributed by atoms with Gasteiger partial charge in [0, 0.05) is 67.8 Å². The summed E-state index contributed by atoms with van der Waals surface area (Å²) in [5, 5.41) is 27.0. The number of benzene rings is 2. The molecule has 346 valence electrons. The molecule has 0 unspecified atom stereocenters. The van der Waals surface area contributed by atoms with Gasteiger partial charge in [0.2, 0.25) is 0 Å². The molecule has 2 saturated heterocycles. The summed E-state index contributed by atoms with van der Waals surface area (Å²) in [5.74, 6) is 0.159. The predicted octanol–water partition coefficient (Wildman–Crippen LogP) is 5.16. The van der Waals surface area contributed by atoms with Crippen LogP contribution < -0.4 is 10.2 Å². The van der Waals surface area contributed by atoms with Gasteiger partial charge in [-0.2, -0.15) is 0 Å². The molecule has 0 saturated carbocycles. The number of ether oxygens (including phenoxy) is 2. The lowest BCUT2D eigenvalue weighted by atomic mass is 9.95. The number of aromatic nitrogens is 10.